The number of hydrogen-bond donors (Lipinski definition) is 1. The van der Waals surface area contributed by atoms with Crippen LogP contribution >= 0.6 is 0 Å². The predicted molar refractivity (Wildman–Crippen MR) is 64.3 cm³/mol. The highest BCUT2D eigenvalue weighted by Crippen LogP contribution is 2.16. The Bertz CT molecular complexity index is 249. The number of hydrogen-bond acceptors (Lipinski definition) is 3. The van der Waals surface area contributed by atoms with E-state index in [0.29, 0.717) is 24.4 Å². The van der Waals surface area contributed by atoms with Crippen LogP contribution in [-0.2, 0) is 4.79 Å². The van der Waals surface area contributed by atoms with Crippen LogP contribution in [0, 0.1) is 0 Å². The smallest absolute Gasteiger partial charge is 0.224 e. The van der Waals surface area contributed by atoms with Crippen LogP contribution in [0.3, 0.4) is 0 Å². The normalized spacial score (nSPS) is 30.3. The Morgan fingerprint density at radius 3 is 2.81 bits per heavy atom. The van der Waals surface area contributed by atoms with E-state index in [9.17, 15) is 4.79 Å². The fraction of sp³-hybridized carbons (Fsp3) is 0.917. The lowest BCUT2D eigenvalue weighted by Gasteiger charge is -2.21. The van der Waals surface area contributed by atoms with Crippen molar-refractivity contribution in [2.45, 2.75) is 37.8 Å². The summed E-state index contributed by atoms with van der Waals surface area (Å²) in [6.45, 7) is 2.94. The molecule has 0 aromatic rings. The van der Waals surface area contributed by atoms with Crippen molar-refractivity contribution in [3.05, 3.63) is 0 Å². The molecule has 0 aromatic carbocycles. The first-order valence-electron chi connectivity index (χ1n) is 6.34. The Labute approximate surface area is 98.0 Å². The average molecular weight is 225 g/mol. The second-order valence-corrected chi connectivity index (χ2v) is 5.24. The van der Waals surface area contributed by atoms with Crippen LogP contribution in [0.15, 0.2) is 0 Å². The van der Waals surface area contributed by atoms with Crippen LogP contribution in [0.1, 0.15) is 25.7 Å². The van der Waals surface area contributed by atoms with Crippen LogP contribution in [0.25, 0.3) is 0 Å². The van der Waals surface area contributed by atoms with Crippen molar-refractivity contribution in [3.63, 3.8) is 0 Å². The van der Waals surface area contributed by atoms with Gasteiger partial charge in [-0.25, -0.2) is 0 Å². The molecule has 92 valence electrons. The molecule has 2 atom stereocenters. The molecule has 2 rings (SSSR count). The second-order valence-electron chi connectivity index (χ2n) is 5.24. The van der Waals surface area contributed by atoms with Crippen LogP contribution in [0.2, 0.25) is 0 Å². The molecule has 4 nitrogen and oxygen atoms in total. The van der Waals surface area contributed by atoms with Gasteiger partial charge in [-0.05, 0) is 39.9 Å². The zero-order valence-electron chi connectivity index (χ0n) is 10.4. The van der Waals surface area contributed by atoms with Crippen molar-refractivity contribution in [2.75, 3.05) is 33.7 Å². The van der Waals surface area contributed by atoms with Gasteiger partial charge in [0.15, 0.2) is 0 Å². The first-order chi connectivity index (χ1) is 7.66. The monoisotopic (exact) mass is 225 g/mol. The van der Waals surface area contributed by atoms with Gasteiger partial charge < -0.3 is 15.1 Å². The molecule has 0 aliphatic carbocycles. The van der Waals surface area contributed by atoms with E-state index in [4.69, 9.17) is 0 Å². The van der Waals surface area contributed by atoms with Gasteiger partial charge >= 0.3 is 0 Å². The summed E-state index contributed by atoms with van der Waals surface area (Å²) in [6, 6.07) is 0.992. The molecule has 0 bridgehead atoms. The molecule has 1 N–H and O–H groups in total. The molecule has 4 heteroatoms. The van der Waals surface area contributed by atoms with E-state index in [0.717, 1.165) is 32.5 Å². The second kappa shape index (κ2) is 5.15. The molecule has 2 saturated heterocycles. The Kier molecular flexibility index (Phi) is 3.82. The SMILES string of the molecule is CN(C)C1CCN(C(=O)CC2CCCN2)C1. The van der Waals surface area contributed by atoms with Crippen LogP contribution in [0.4, 0.5) is 0 Å². The average Bonchev–Trinajstić information content (AvgIpc) is 2.86. The minimum absolute atomic E-state index is 0.337. The molecule has 0 saturated carbocycles. The maximum atomic E-state index is 12.0. The van der Waals surface area contributed by atoms with Crippen molar-refractivity contribution in [1.82, 2.24) is 15.1 Å². The number of likely N-dealkylation sites (tertiary alicyclic amines) is 1. The number of nitrogens with one attached hydrogen (secondary N) is 1. The van der Waals surface area contributed by atoms with Gasteiger partial charge in [0.1, 0.15) is 0 Å². The molecular formula is C12H23N3O. The van der Waals surface area contributed by atoms with Gasteiger partial charge in [-0.15, -0.1) is 0 Å². The molecule has 0 spiro atoms. The third-order valence-electron chi connectivity index (χ3n) is 3.83. The minimum atomic E-state index is 0.337. The van der Waals surface area contributed by atoms with E-state index in [2.05, 4.69) is 24.3 Å². The summed E-state index contributed by atoms with van der Waals surface area (Å²) < 4.78 is 0. The highest BCUT2D eigenvalue weighted by molar-refractivity contribution is 5.77. The number of carbonyl (C=O) groups excluding carboxylic acids is 1. The van der Waals surface area contributed by atoms with Gasteiger partial charge in [0, 0.05) is 31.6 Å². The molecule has 2 heterocycles. The van der Waals surface area contributed by atoms with Crippen LogP contribution in [-0.4, -0.2) is 61.5 Å². The number of carbonyl (C=O) groups is 1. The Balaban J connectivity index is 1.77. The number of rotatable bonds is 3. The Hall–Kier alpha value is -0.610. The van der Waals surface area contributed by atoms with Gasteiger partial charge in [0.25, 0.3) is 0 Å². The first-order valence-corrected chi connectivity index (χ1v) is 6.34. The molecule has 0 aromatic heterocycles. The van der Waals surface area contributed by atoms with Crippen molar-refractivity contribution < 1.29 is 4.79 Å². The van der Waals surface area contributed by atoms with E-state index in [1.54, 1.807) is 0 Å². The highest BCUT2D eigenvalue weighted by atomic mass is 16.2. The Morgan fingerprint density at radius 2 is 2.25 bits per heavy atom. The first kappa shape index (κ1) is 11.9. The Morgan fingerprint density at radius 1 is 1.44 bits per heavy atom. The summed E-state index contributed by atoms with van der Waals surface area (Å²) >= 11 is 0. The minimum Gasteiger partial charge on any atom is -0.341 e. The standard InChI is InChI=1S/C12H23N3O/c1-14(2)11-5-7-15(9-11)12(16)8-10-4-3-6-13-10/h10-11,13H,3-9H2,1-2H3. The van der Waals surface area contributed by atoms with Gasteiger partial charge in [0.05, 0.1) is 0 Å². The quantitative estimate of drug-likeness (QED) is 0.750. The topological polar surface area (TPSA) is 35.6 Å². The van der Waals surface area contributed by atoms with E-state index in [1.165, 1.54) is 6.42 Å². The molecule has 2 aliphatic heterocycles. The maximum absolute atomic E-state index is 12.0. The summed E-state index contributed by atoms with van der Waals surface area (Å²) in [7, 11) is 4.19. The summed E-state index contributed by atoms with van der Waals surface area (Å²) in [6.07, 6.45) is 4.20. The number of amides is 1. The lowest BCUT2D eigenvalue weighted by molar-refractivity contribution is -0.130. The van der Waals surface area contributed by atoms with Gasteiger partial charge in [-0.1, -0.05) is 0 Å². The largest absolute Gasteiger partial charge is 0.341 e. The highest BCUT2D eigenvalue weighted by Gasteiger charge is 2.29. The third kappa shape index (κ3) is 2.74. The zero-order chi connectivity index (χ0) is 11.5. The fourth-order valence-electron chi connectivity index (χ4n) is 2.66. The van der Waals surface area contributed by atoms with E-state index >= 15 is 0 Å². The van der Waals surface area contributed by atoms with Gasteiger partial charge in [-0.3, -0.25) is 4.79 Å². The van der Waals surface area contributed by atoms with Crippen molar-refractivity contribution in [1.29, 1.82) is 0 Å². The van der Waals surface area contributed by atoms with Gasteiger partial charge in [0.2, 0.25) is 5.91 Å². The third-order valence-corrected chi connectivity index (χ3v) is 3.83. The molecular weight excluding hydrogens is 202 g/mol. The van der Waals surface area contributed by atoms with E-state index in [-0.39, 0.29) is 0 Å². The predicted octanol–water partition coefficient (Wildman–Crippen LogP) is 0.291. The van der Waals surface area contributed by atoms with Crippen molar-refractivity contribution in [2.24, 2.45) is 0 Å². The van der Waals surface area contributed by atoms with E-state index in [1.807, 2.05) is 4.90 Å². The zero-order valence-corrected chi connectivity index (χ0v) is 10.4. The summed E-state index contributed by atoms with van der Waals surface area (Å²) in [5, 5.41) is 3.39. The number of nitrogens with zero attached hydrogens (tertiary/aromatic N) is 2. The van der Waals surface area contributed by atoms with Gasteiger partial charge in [-0.2, -0.15) is 0 Å². The number of likely N-dealkylation sites (N-methyl/N-ethyl adjacent to an activating group) is 1. The molecule has 2 fully saturated rings. The van der Waals surface area contributed by atoms with Crippen LogP contribution < -0.4 is 5.32 Å². The van der Waals surface area contributed by atoms with Crippen LogP contribution in [0.5, 0.6) is 0 Å². The van der Waals surface area contributed by atoms with Crippen molar-refractivity contribution >= 4 is 5.91 Å². The van der Waals surface area contributed by atoms with Crippen molar-refractivity contribution in [3.8, 4) is 0 Å². The molecule has 16 heavy (non-hydrogen) atoms. The maximum Gasteiger partial charge on any atom is 0.224 e. The summed E-state index contributed by atoms with van der Waals surface area (Å²) in [4.78, 5) is 16.3. The molecule has 0 radical (unpaired) electrons. The molecule has 1 amide bonds. The fourth-order valence-corrected chi connectivity index (χ4v) is 2.66. The molecule has 2 unspecified atom stereocenters. The lowest BCUT2D eigenvalue weighted by Crippen LogP contribution is -2.37. The molecule has 2 aliphatic rings. The summed E-state index contributed by atoms with van der Waals surface area (Å²) in [5.41, 5.74) is 0. The van der Waals surface area contributed by atoms with E-state index < -0.39 is 0 Å². The summed E-state index contributed by atoms with van der Waals surface area (Å²) in [5.74, 6) is 0.337. The lowest BCUT2D eigenvalue weighted by atomic mass is 10.1.